The van der Waals surface area contributed by atoms with E-state index in [2.05, 4.69) is 49.8 Å². The number of amides is 1. The largest absolute Gasteiger partial charge is 0.378 e. The fourth-order valence-electron chi connectivity index (χ4n) is 4.47. The molecule has 152 valence electrons. The molecule has 2 aromatic rings. The minimum atomic E-state index is -0.0928. The molecule has 1 aromatic heterocycles. The molecule has 1 amide bonds. The number of morpholine rings is 1. The molecule has 1 aliphatic heterocycles. The van der Waals surface area contributed by atoms with Crippen molar-refractivity contribution in [3.63, 3.8) is 0 Å². The lowest BCUT2D eigenvalue weighted by atomic mass is 9.85. The Morgan fingerprint density at radius 2 is 1.66 bits per heavy atom. The number of nitrogens with zero attached hydrogens (tertiary/aromatic N) is 3. The van der Waals surface area contributed by atoms with Crippen molar-refractivity contribution in [1.82, 2.24) is 20.6 Å². The quantitative estimate of drug-likeness (QED) is 0.798. The predicted octanol–water partition coefficient (Wildman–Crippen LogP) is 1.33. The predicted molar refractivity (Wildman–Crippen MR) is 110 cm³/mol. The lowest BCUT2D eigenvalue weighted by molar-refractivity contribution is 0.0888. The summed E-state index contributed by atoms with van der Waals surface area (Å²) < 4.78 is 5.35. The molecule has 29 heavy (non-hydrogen) atoms. The van der Waals surface area contributed by atoms with Crippen molar-refractivity contribution in [2.75, 3.05) is 31.2 Å². The fourth-order valence-corrected chi connectivity index (χ4v) is 4.47. The van der Waals surface area contributed by atoms with Crippen LogP contribution in [-0.4, -0.2) is 60.3 Å². The topological polar surface area (TPSA) is 79.4 Å². The standard InChI is InChI=1S/C22H27N5O2/c28-21(17-13-23-22(24-14-17)27-7-9-29-10-8-27)26-20-6-5-19(20)25-18-11-15-3-1-2-4-16(15)12-18/h1-4,13-14,18-20,25H,5-12H2,(H,26,28)/t19-,20+/m0/s1. The van der Waals surface area contributed by atoms with E-state index in [0.29, 0.717) is 36.8 Å². The van der Waals surface area contributed by atoms with E-state index < -0.39 is 0 Å². The maximum absolute atomic E-state index is 12.6. The molecule has 2 N–H and O–H groups in total. The van der Waals surface area contributed by atoms with Crippen molar-refractivity contribution < 1.29 is 9.53 Å². The van der Waals surface area contributed by atoms with Gasteiger partial charge in [0.2, 0.25) is 5.95 Å². The van der Waals surface area contributed by atoms with Gasteiger partial charge in [-0.2, -0.15) is 0 Å². The zero-order valence-corrected chi connectivity index (χ0v) is 16.5. The number of hydrogen-bond donors (Lipinski definition) is 2. The van der Waals surface area contributed by atoms with Crippen molar-refractivity contribution in [2.45, 2.75) is 43.8 Å². The molecule has 1 aromatic carbocycles. The highest BCUT2D eigenvalue weighted by molar-refractivity contribution is 5.94. The highest BCUT2D eigenvalue weighted by Crippen LogP contribution is 2.26. The van der Waals surface area contributed by atoms with Gasteiger partial charge < -0.3 is 20.3 Å². The Morgan fingerprint density at radius 3 is 2.28 bits per heavy atom. The van der Waals surface area contributed by atoms with Gasteiger partial charge in [-0.3, -0.25) is 4.79 Å². The van der Waals surface area contributed by atoms with Crippen LogP contribution in [0.1, 0.15) is 34.3 Å². The Labute approximate surface area is 170 Å². The molecule has 1 saturated carbocycles. The summed E-state index contributed by atoms with van der Waals surface area (Å²) in [6, 6.07) is 9.64. The number of anilines is 1. The number of nitrogens with one attached hydrogen (secondary N) is 2. The van der Waals surface area contributed by atoms with Crippen LogP contribution in [0.4, 0.5) is 5.95 Å². The number of fused-ring (bicyclic) bond motifs is 1. The molecule has 0 spiro atoms. The molecule has 5 rings (SSSR count). The van der Waals surface area contributed by atoms with E-state index in [9.17, 15) is 4.79 Å². The van der Waals surface area contributed by atoms with E-state index in [1.807, 2.05) is 0 Å². The van der Waals surface area contributed by atoms with Gasteiger partial charge in [0.05, 0.1) is 18.8 Å². The molecule has 1 saturated heterocycles. The first-order valence-corrected chi connectivity index (χ1v) is 10.5. The van der Waals surface area contributed by atoms with Gasteiger partial charge in [0.25, 0.3) is 5.91 Å². The second-order valence-electron chi connectivity index (χ2n) is 8.18. The SMILES string of the molecule is O=C(N[C@@H]1CC[C@@H]1NC1Cc2ccccc2C1)c1cnc(N2CCOCC2)nc1. The smallest absolute Gasteiger partial charge is 0.254 e. The minimum absolute atomic E-state index is 0.0928. The molecule has 2 atom stereocenters. The molecule has 3 aliphatic rings. The van der Waals surface area contributed by atoms with Gasteiger partial charge >= 0.3 is 0 Å². The Morgan fingerprint density at radius 1 is 1.00 bits per heavy atom. The van der Waals surface area contributed by atoms with Crippen LogP contribution in [0.2, 0.25) is 0 Å². The average Bonchev–Trinajstić information content (AvgIpc) is 3.18. The van der Waals surface area contributed by atoms with E-state index in [1.165, 1.54) is 11.1 Å². The summed E-state index contributed by atoms with van der Waals surface area (Å²) in [5.74, 6) is 0.568. The molecule has 2 heterocycles. The average molecular weight is 393 g/mol. The Bertz CT molecular complexity index is 841. The number of ether oxygens (including phenoxy) is 1. The summed E-state index contributed by atoms with van der Waals surface area (Å²) in [5.41, 5.74) is 3.41. The number of carbonyl (C=O) groups is 1. The van der Waals surface area contributed by atoms with E-state index in [-0.39, 0.29) is 11.9 Å². The summed E-state index contributed by atoms with van der Waals surface area (Å²) in [6.07, 6.45) is 7.51. The number of benzene rings is 1. The molecule has 7 nitrogen and oxygen atoms in total. The summed E-state index contributed by atoms with van der Waals surface area (Å²) in [5, 5.41) is 6.92. The van der Waals surface area contributed by atoms with Crippen LogP contribution in [0.3, 0.4) is 0 Å². The van der Waals surface area contributed by atoms with Gasteiger partial charge in [0.15, 0.2) is 0 Å². The molecule has 0 unspecified atom stereocenters. The number of carbonyl (C=O) groups excluding carboxylic acids is 1. The summed E-state index contributed by atoms with van der Waals surface area (Å²) in [6.45, 7) is 2.94. The lowest BCUT2D eigenvalue weighted by Gasteiger charge is -2.39. The van der Waals surface area contributed by atoms with Crippen LogP contribution in [-0.2, 0) is 17.6 Å². The van der Waals surface area contributed by atoms with Crippen molar-refractivity contribution in [3.05, 3.63) is 53.3 Å². The maximum atomic E-state index is 12.6. The summed E-state index contributed by atoms with van der Waals surface area (Å²) in [7, 11) is 0. The van der Waals surface area contributed by atoms with E-state index in [4.69, 9.17) is 4.74 Å². The number of aromatic nitrogens is 2. The first-order valence-electron chi connectivity index (χ1n) is 10.5. The fraction of sp³-hybridized carbons (Fsp3) is 0.500. The van der Waals surface area contributed by atoms with Crippen molar-refractivity contribution >= 4 is 11.9 Å². The van der Waals surface area contributed by atoms with Gasteiger partial charge in [-0.15, -0.1) is 0 Å². The van der Waals surface area contributed by atoms with Crippen LogP contribution in [0, 0.1) is 0 Å². The zero-order valence-electron chi connectivity index (χ0n) is 16.5. The van der Waals surface area contributed by atoms with Gasteiger partial charge in [-0.25, -0.2) is 9.97 Å². The first kappa shape index (κ1) is 18.5. The van der Waals surface area contributed by atoms with Crippen LogP contribution in [0.25, 0.3) is 0 Å². The Hall–Kier alpha value is -2.51. The minimum Gasteiger partial charge on any atom is -0.378 e. The third-order valence-electron chi connectivity index (χ3n) is 6.29. The van der Waals surface area contributed by atoms with Crippen molar-refractivity contribution in [1.29, 1.82) is 0 Å². The summed E-state index contributed by atoms with van der Waals surface area (Å²) in [4.78, 5) is 23.5. The highest BCUT2D eigenvalue weighted by Gasteiger charge is 2.35. The lowest BCUT2D eigenvalue weighted by Crippen LogP contribution is -2.59. The second kappa shape index (κ2) is 8.08. The first-order chi connectivity index (χ1) is 14.3. The Balaban J connectivity index is 1.14. The number of rotatable bonds is 5. The molecule has 2 fully saturated rings. The van der Waals surface area contributed by atoms with Crippen LogP contribution < -0.4 is 15.5 Å². The molecule has 0 bridgehead atoms. The van der Waals surface area contributed by atoms with Gasteiger partial charge in [0, 0.05) is 43.6 Å². The van der Waals surface area contributed by atoms with Crippen molar-refractivity contribution in [3.8, 4) is 0 Å². The normalized spacial score (nSPS) is 24.1. The summed E-state index contributed by atoms with van der Waals surface area (Å²) >= 11 is 0. The van der Waals surface area contributed by atoms with E-state index >= 15 is 0 Å². The van der Waals surface area contributed by atoms with Gasteiger partial charge in [-0.05, 0) is 36.8 Å². The van der Waals surface area contributed by atoms with E-state index in [1.54, 1.807) is 12.4 Å². The molecular formula is C22H27N5O2. The Kier molecular flexibility index (Phi) is 5.16. The van der Waals surface area contributed by atoms with Crippen LogP contribution in [0.15, 0.2) is 36.7 Å². The molecule has 2 aliphatic carbocycles. The second-order valence-corrected chi connectivity index (χ2v) is 8.18. The maximum Gasteiger partial charge on any atom is 0.254 e. The monoisotopic (exact) mass is 393 g/mol. The molecular weight excluding hydrogens is 366 g/mol. The van der Waals surface area contributed by atoms with E-state index in [0.717, 1.165) is 38.8 Å². The third kappa shape index (κ3) is 3.97. The van der Waals surface area contributed by atoms with Crippen molar-refractivity contribution in [2.24, 2.45) is 0 Å². The van der Waals surface area contributed by atoms with Crippen LogP contribution in [0.5, 0.6) is 0 Å². The van der Waals surface area contributed by atoms with Crippen LogP contribution >= 0.6 is 0 Å². The highest BCUT2D eigenvalue weighted by atomic mass is 16.5. The zero-order chi connectivity index (χ0) is 19.6. The molecule has 0 radical (unpaired) electrons. The molecule has 7 heteroatoms. The van der Waals surface area contributed by atoms with Gasteiger partial charge in [0.1, 0.15) is 0 Å². The third-order valence-corrected chi connectivity index (χ3v) is 6.29. The van der Waals surface area contributed by atoms with Gasteiger partial charge in [-0.1, -0.05) is 24.3 Å². The number of hydrogen-bond acceptors (Lipinski definition) is 6.